The van der Waals surface area contributed by atoms with Gasteiger partial charge in [0.05, 0.1) is 5.54 Å². The number of hydrogen-bond donors (Lipinski definition) is 0. The van der Waals surface area contributed by atoms with Crippen molar-refractivity contribution in [3.8, 4) is 0 Å². The van der Waals surface area contributed by atoms with E-state index in [0.717, 1.165) is 0 Å². The second kappa shape index (κ2) is 6.19. The highest BCUT2D eigenvalue weighted by Gasteiger charge is 2.30. The average Bonchev–Trinajstić information content (AvgIpc) is 2.38. The number of benzene rings is 1. The van der Waals surface area contributed by atoms with Gasteiger partial charge in [0, 0.05) is 0 Å². The van der Waals surface area contributed by atoms with Gasteiger partial charge in [-0.2, -0.15) is 0 Å². The molecule has 1 heteroatoms. The van der Waals surface area contributed by atoms with Crippen LogP contribution >= 0.6 is 0 Å². The molecule has 1 aliphatic rings. The van der Waals surface area contributed by atoms with Crippen molar-refractivity contribution in [2.75, 3.05) is 13.1 Å². The first-order valence-electron chi connectivity index (χ1n) is 7.21. The van der Waals surface area contributed by atoms with Crippen molar-refractivity contribution in [3.63, 3.8) is 0 Å². The van der Waals surface area contributed by atoms with Gasteiger partial charge in [0.25, 0.3) is 0 Å². The molecule has 1 nitrogen and oxygen atoms in total. The molecule has 18 heavy (non-hydrogen) atoms. The Balaban J connectivity index is 2.22. The van der Waals surface area contributed by atoms with Crippen LogP contribution in [0, 0.1) is 0 Å². The SMILES string of the molecule is C=CC(C)(c1ccccc1)N1CCCCCCC1. The van der Waals surface area contributed by atoms with Gasteiger partial charge in [-0.05, 0) is 38.4 Å². The van der Waals surface area contributed by atoms with Gasteiger partial charge in [0.2, 0.25) is 0 Å². The Hall–Kier alpha value is -1.08. The molecule has 0 aliphatic carbocycles. The highest BCUT2D eigenvalue weighted by molar-refractivity contribution is 5.28. The van der Waals surface area contributed by atoms with Crippen molar-refractivity contribution >= 4 is 0 Å². The minimum Gasteiger partial charge on any atom is -0.291 e. The van der Waals surface area contributed by atoms with Gasteiger partial charge in [-0.15, -0.1) is 6.58 Å². The quantitative estimate of drug-likeness (QED) is 0.713. The first-order valence-corrected chi connectivity index (χ1v) is 7.21. The van der Waals surface area contributed by atoms with E-state index in [2.05, 4.69) is 54.8 Å². The minimum absolute atomic E-state index is 0.0153. The minimum atomic E-state index is -0.0153. The molecule has 0 radical (unpaired) electrons. The first kappa shape index (κ1) is 13.4. The number of hydrogen-bond acceptors (Lipinski definition) is 1. The predicted molar refractivity (Wildman–Crippen MR) is 78.6 cm³/mol. The lowest BCUT2D eigenvalue weighted by molar-refractivity contribution is 0.132. The van der Waals surface area contributed by atoms with Gasteiger partial charge in [-0.25, -0.2) is 0 Å². The molecule has 0 N–H and O–H groups in total. The van der Waals surface area contributed by atoms with Crippen LogP contribution in [0.5, 0.6) is 0 Å². The van der Waals surface area contributed by atoms with Crippen molar-refractivity contribution in [1.82, 2.24) is 4.90 Å². The summed E-state index contributed by atoms with van der Waals surface area (Å²) in [6.45, 7) is 8.78. The van der Waals surface area contributed by atoms with Crippen LogP contribution in [0.4, 0.5) is 0 Å². The van der Waals surface area contributed by atoms with Crippen molar-refractivity contribution < 1.29 is 0 Å². The standard InChI is InChI=1S/C17H25N/c1-3-17(2,16-12-8-7-9-13-16)18-14-10-5-4-6-11-15-18/h3,7-9,12-13H,1,4-6,10-11,14-15H2,2H3. The molecule has 1 aromatic carbocycles. The summed E-state index contributed by atoms with van der Waals surface area (Å²) in [6.07, 6.45) is 8.90. The molecule has 0 amide bonds. The molecular formula is C17H25N. The summed E-state index contributed by atoms with van der Waals surface area (Å²) >= 11 is 0. The monoisotopic (exact) mass is 243 g/mol. The lowest BCUT2D eigenvalue weighted by Crippen LogP contribution is -2.44. The Labute approximate surface area is 112 Å². The summed E-state index contributed by atoms with van der Waals surface area (Å²) in [5, 5.41) is 0. The summed E-state index contributed by atoms with van der Waals surface area (Å²) in [5.41, 5.74) is 1.35. The predicted octanol–water partition coefficient (Wildman–Crippen LogP) is 4.35. The Bertz CT molecular complexity index is 362. The molecule has 1 fully saturated rings. The van der Waals surface area contributed by atoms with E-state index in [9.17, 15) is 0 Å². The topological polar surface area (TPSA) is 3.24 Å². The Morgan fingerprint density at radius 1 is 1.00 bits per heavy atom. The van der Waals surface area contributed by atoms with Crippen LogP contribution in [0.1, 0.15) is 44.6 Å². The van der Waals surface area contributed by atoms with E-state index in [1.807, 2.05) is 0 Å². The Morgan fingerprint density at radius 2 is 1.56 bits per heavy atom. The fraction of sp³-hybridized carbons (Fsp3) is 0.529. The highest BCUT2D eigenvalue weighted by Crippen LogP contribution is 2.31. The second-order valence-corrected chi connectivity index (χ2v) is 5.47. The van der Waals surface area contributed by atoms with Gasteiger partial charge in [0.15, 0.2) is 0 Å². The third-order valence-corrected chi connectivity index (χ3v) is 4.27. The summed E-state index contributed by atoms with van der Waals surface area (Å²) in [5.74, 6) is 0. The van der Waals surface area contributed by atoms with E-state index >= 15 is 0 Å². The lowest BCUT2D eigenvalue weighted by atomic mass is 9.89. The summed E-state index contributed by atoms with van der Waals surface area (Å²) in [4.78, 5) is 2.61. The fourth-order valence-electron chi connectivity index (χ4n) is 2.92. The number of rotatable bonds is 3. The number of likely N-dealkylation sites (tertiary alicyclic amines) is 1. The number of nitrogens with zero attached hydrogens (tertiary/aromatic N) is 1. The van der Waals surface area contributed by atoms with Crippen LogP contribution in [0.25, 0.3) is 0 Å². The third kappa shape index (κ3) is 2.84. The van der Waals surface area contributed by atoms with Crippen molar-refractivity contribution in [3.05, 3.63) is 48.6 Å². The molecule has 0 spiro atoms. The second-order valence-electron chi connectivity index (χ2n) is 5.47. The molecule has 0 aromatic heterocycles. The molecule has 1 atom stereocenters. The van der Waals surface area contributed by atoms with Crippen LogP contribution in [0.15, 0.2) is 43.0 Å². The normalized spacial score (nSPS) is 21.6. The van der Waals surface area contributed by atoms with Crippen LogP contribution < -0.4 is 0 Å². The zero-order chi connectivity index (χ0) is 12.8. The zero-order valence-electron chi connectivity index (χ0n) is 11.6. The largest absolute Gasteiger partial charge is 0.291 e. The molecule has 0 saturated carbocycles. The van der Waals surface area contributed by atoms with Crippen LogP contribution in [0.2, 0.25) is 0 Å². The van der Waals surface area contributed by atoms with Crippen molar-refractivity contribution in [2.24, 2.45) is 0 Å². The Kier molecular flexibility index (Phi) is 4.60. The molecule has 1 aromatic rings. The first-order chi connectivity index (χ1) is 8.77. The van der Waals surface area contributed by atoms with Gasteiger partial charge in [-0.1, -0.05) is 55.7 Å². The lowest BCUT2D eigenvalue weighted by Gasteiger charge is -2.40. The third-order valence-electron chi connectivity index (χ3n) is 4.27. The molecule has 1 unspecified atom stereocenters. The maximum Gasteiger partial charge on any atom is 0.0614 e. The molecular weight excluding hydrogens is 218 g/mol. The molecule has 1 aliphatic heterocycles. The molecule has 1 heterocycles. The maximum absolute atomic E-state index is 4.10. The van der Waals surface area contributed by atoms with Gasteiger partial charge < -0.3 is 0 Å². The maximum atomic E-state index is 4.10. The highest BCUT2D eigenvalue weighted by atomic mass is 15.2. The van der Waals surface area contributed by atoms with Gasteiger partial charge in [-0.3, -0.25) is 4.90 Å². The van der Waals surface area contributed by atoms with Crippen LogP contribution in [-0.2, 0) is 5.54 Å². The average molecular weight is 243 g/mol. The smallest absolute Gasteiger partial charge is 0.0614 e. The van der Waals surface area contributed by atoms with E-state index in [4.69, 9.17) is 0 Å². The molecule has 98 valence electrons. The molecule has 0 bridgehead atoms. The van der Waals surface area contributed by atoms with Gasteiger partial charge >= 0.3 is 0 Å². The Morgan fingerprint density at radius 3 is 2.11 bits per heavy atom. The van der Waals surface area contributed by atoms with E-state index in [-0.39, 0.29) is 5.54 Å². The summed E-state index contributed by atoms with van der Waals surface area (Å²) in [7, 11) is 0. The zero-order valence-corrected chi connectivity index (χ0v) is 11.6. The summed E-state index contributed by atoms with van der Waals surface area (Å²) < 4.78 is 0. The van der Waals surface area contributed by atoms with E-state index in [1.165, 1.54) is 50.8 Å². The van der Waals surface area contributed by atoms with Gasteiger partial charge in [0.1, 0.15) is 0 Å². The molecule has 1 saturated heterocycles. The van der Waals surface area contributed by atoms with E-state index in [1.54, 1.807) is 0 Å². The fourth-order valence-corrected chi connectivity index (χ4v) is 2.92. The van der Waals surface area contributed by atoms with Crippen LogP contribution in [-0.4, -0.2) is 18.0 Å². The van der Waals surface area contributed by atoms with Crippen LogP contribution in [0.3, 0.4) is 0 Å². The summed E-state index contributed by atoms with van der Waals surface area (Å²) in [6, 6.07) is 10.8. The van der Waals surface area contributed by atoms with Crippen molar-refractivity contribution in [1.29, 1.82) is 0 Å². The molecule has 2 rings (SSSR count). The van der Waals surface area contributed by atoms with E-state index in [0.29, 0.717) is 0 Å². The van der Waals surface area contributed by atoms with E-state index < -0.39 is 0 Å². The van der Waals surface area contributed by atoms with Crippen molar-refractivity contribution in [2.45, 2.75) is 44.6 Å².